The van der Waals surface area contributed by atoms with E-state index in [2.05, 4.69) is 4.74 Å². The normalized spacial score (nSPS) is 8.09. The first kappa shape index (κ1) is 14.3. The summed E-state index contributed by atoms with van der Waals surface area (Å²) in [4.78, 5) is 20.1. The maximum atomic E-state index is 10.4. The number of carbonyl (C=O) groups is 2. The average molecular weight is 231 g/mol. The Balaban J connectivity index is 0. The summed E-state index contributed by atoms with van der Waals surface area (Å²) in [5, 5.41) is 9.76. The summed E-state index contributed by atoms with van der Waals surface area (Å²) < 4.78 is 4.44. The van der Waals surface area contributed by atoms with Crippen LogP contribution in [-0.4, -0.2) is 18.5 Å². The minimum absolute atomic E-state index is 0. The summed E-state index contributed by atoms with van der Waals surface area (Å²) >= 11 is 0. The van der Waals surface area contributed by atoms with Crippen LogP contribution in [0.15, 0.2) is 0 Å². The molecule has 0 aliphatic rings. The number of carbonyl (C=O) groups excluding carboxylic acids is 2. The molecule has 0 saturated carbocycles. The summed E-state index contributed by atoms with van der Waals surface area (Å²) in [5.41, 5.74) is 0. The Kier molecular flexibility index (Phi) is 11.5. The Morgan fingerprint density at radius 1 is 1.45 bits per heavy atom. The molecule has 0 rings (SSSR count). The van der Waals surface area contributed by atoms with Crippen molar-refractivity contribution in [2.45, 2.75) is 19.8 Å². The molecule has 4 nitrogen and oxygen atoms in total. The number of hydrogen-bond donors (Lipinski definition) is 0. The van der Waals surface area contributed by atoms with Crippen LogP contribution >= 0.6 is 0 Å². The third kappa shape index (κ3) is 10.7. The van der Waals surface area contributed by atoms with Gasteiger partial charge in [0, 0.05) is 0 Å². The molecule has 0 aromatic carbocycles. The van der Waals surface area contributed by atoms with E-state index in [4.69, 9.17) is 0 Å². The third-order valence-corrected chi connectivity index (χ3v) is 0.756. The Labute approximate surface area is 114 Å². The molecular weight excluding hydrogens is 222 g/mol. The van der Waals surface area contributed by atoms with Gasteiger partial charge in [0.05, 0.1) is 19.0 Å². The number of hydrogen-bond acceptors (Lipinski definition) is 4. The molecule has 0 heterocycles. The Morgan fingerprint density at radius 3 is 2.36 bits per heavy atom. The second-order valence-corrected chi connectivity index (χ2v) is 1.77. The van der Waals surface area contributed by atoms with Crippen LogP contribution in [0.3, 0.4) is 0 Å². The Hall–Kier alpha value is 0.745. The van der Waals surface area contributed by atoms with Crippen LogP contribution < -0.4 is 63.3 Å². The largest absolute Gasteiger partial charge is 1.00 e. The van der Waals surface area contributed by atoms with E-state index in [1.165, 1.54) is 0 Å². The molecule has 0 N–H and O–H groups in total. The van der Waals surface area contributed by atoms with E-state index in [1.807, 2.05) is 6.92 Å². The summed E-state index contributed by atoms with van der Waals surface area (Å²) in [5.74, 6) is -2.14. The van der Waals surface area contributed by atoms with Crippen molar-refractivity contribution in [3.63, 3.8) is 0 Å². The zero-order valence-corrected chi connectivity index (χ0v) is 11.7. The van der Waals surface area contributed by atoms with Gasteiger partial charge in [-0.1, -0.05) is 6.92 Å². The standard InChI is InChI=1S/C6H10O4.Rb/c1-2-3-10-6(9)4-5(7)8;/h2-4H2,1H3,(H,7,8);/q;+1/p-1. The number of ether oxygens (including phenoxy) is 1. The number of aliphatic carboxylic acids is 1. The fourth-order valence-electron chi connectivity index (χ4n) is 0.385. The van der Waals surface area contributed by atoms with Crippen LogP contribution in [0.1, 0.15) is 19.8 Å². The van der Waals surface area contributed by atoms with E-state index in [0.717, 1.165) is 0 Å². The van der Waals surface area contributed by atoms with Crippen molar-refractivity contribution in [2.24, 2.45) is 0 Å². The molecule has 0 aromatic rings. The zero-order chi connectivity index (χ0) is 7.98. The van der Waals surface area contributed by atoms with E-state index < -0.39 is 18.4 Å². The average Bonchev–Trinajstić information content (AvgIpc) is 1.82. The minimum Gasteiger partial charge on any atom is -0.550 e. The van der Waals surface area contributed by atoms with Crippen molar-refractivity contribution in [1.82, 2.24) is 0 Å². The first-order valence-corrected chi connectivity index (χ1v) is 3.02. The zero-order valence-electron chi connectivity index (χ0n) is 6.75. The topological polar surface area (TPSA) is 66.4 Å². The molecule has 0 aliphatic carbocycles. The van der Waals surface area contributed by atoms with Crippen molar-refractivity contribution >= 4 is 11.9 Å². The van der Waals surface area contributed by atoms with Gasteiger partial charge < -0.3 is 14.6 Å². The minimum atomic E-state index is -1.40. The third-order valence-electron chi connectivity index (χ3n) is 0.756. The van der Waals surface area contributed by atoms with Gasteiger partial charge in [-0.05, 0) is 6.42 Å². The van der Waals surface area contributed by atoms with Gasteiger partial charge in [-0.25, -0.2) is 0 Å². The maximum Gasteiger partial charge on any atom is 1.00 e. The first-order chi connectivity index (χ1) is 4.66. The van der Waals surface area contributed by atoms with Crippen molar-refractivity contribution < 1.29 is 77.6 Å². The van der Waals surface area contributed by atoms with Gasteiger partial charge in [-0.2, -0.15) is 0 Å². The Bertz CT molecular complexity index is 135. The molecule has 0 saturated heterocycles. The molecule has 58 valence electrons. The van der Waals surface area contributed by atoms with Crippen LogP contribution in [0.25, 0.3) is 0 Å². The second-order valence-electron chi connectivity index (χ2n) is 1.77. The number of rotatable bonds is 4. The number of carboxylic acid groups (broad SMARTS) is 1. The first-order valence-electron chi connectivity index (χ1n) is 3.02. The predicted molar refractivity (Wildman–Crippen MR) is 30.9 cm³/mol. The fourth-order valence-corrected chi connectivity index (χ4v) is 0.385. The van der Waals surface area contributed by atoms with Crippen molar-refractivity contribution in [3.8, 4) is 0 Å². The van der Waals surface area contributed by atoms with Gasteiger partial charge in [-0.15, -0.1) is 0 Å². The monoisotopic (exact) mass is 230 g/mol. The summed E-state index contributed by atoms with van der Waals surface area (Å²) in [6.07, 6.45) is 0.0405. The smallest absolute Gasteiger partial charge is 0.550 e. The van der Waals surface area contributed by atoms with Gasteiger partial charge in [0.15, 0.2) is 0 Å². The van der Waals surface area contributed by atoms with Crippen molar-refractivity contribution in [1.29, 1.82) is 0 Å². The van der Waals surface area contributed by atoms with Gasteiger partial charge in [0.2, 0.25) is 0 Å². The maximum absolute atomic E-state index is 10.4. The molecule has 11 heavy (non-hydrogen) atoms. The fraction of sp³-hybridized carbons (Fsp3) is 0.667. The van der Waals surface area contributed by atoms with Crippen LogP contribution in [0.2, 0.25) is 0 Å². The summed E-state index contributed by atoms with van der Waals surface area (Å²) in [7, 11) is 0. The molecule has 0 radical (unpaired) electrons. The van der Waals surface area contributed by atoms with E-state index in [1.54, 1.807) is 0 Å². The SMILES string of the molecule is CCCOC(=O)CC(=O)[O-].[Rb+]. The molecule has 0 amide bonds. The Morgan fingerprint density at radius 2 is 2.00 bits per heavy atom. The van der Waals surface area contributed by atoms with Gasteiger partial charge in [0.1, 0.15) is 0 Å². The number of carboxylic acids is 1. The summed E-state index contributed by atoms with van der Waals surface area (Å²) in [6.45, 7) is 2.10. The molecule has 0 unspecified atom stereocenters. The van der Waals surface area contributed by atoms with Crippen molar-refractivity contribution in [2.75, 3.05) is 6.61 Å². The van der Waals surface area contributed by atoms with E-state index in [0.29, 0.717) is 6.42 Å². The summed E-state index contributed by atoms with van der Waals surface area (Å²) in [6, 6.07) is 0. The molecule has 0 atom stereocenters. The van der Waals surface area contributed by atoms with Crippen LogP contribution in [0.4, 0.5) is 0 Å². The molecule has 0 aliphatic heterocycles. The molecule has 0 aromatic heterocycles. The van der Waals surface area contributed by atoms with Crippen molar-refractivity contribution in [3.05, 3.63) is 0 Å². The second kappa shape index (κ2) is 8.84. The van der Waals surface area contributed by atoms with E-state index in [9.17, 15) is 14.7 Å². The van der Waals surface area contributed by atoms with E-state index >= 15 is 0 Å². The molecule has 0 spiro atoms. The molecule has 0 bridgehead atoms. The van der Waals surface area contributed by atoms with E-state index in [-0.39, 0.29) is 64.8 Å². The predicted octanol–water partition coefficient (Wildman–Crippen LogP) is -3.92. The van der Waals surface area contributed by atoms with Gasteiger partial charge in [-0.3, -0.25) is 4.79 Å². The van der Waals surface area contributed by atoms with Crippen LogP contribution in [-0.2, 0) is 14.3 Å². The quantitative estimate of drug-likeness (QED) is 0.366. The molecule has 5 heteroatoms. The van der Waals surface area contributed by atoms with Gasteiger partial charge >= 0.3 is 64.2 Å². The van der Waals surface area contributed by atoms with Gasteiger partial charge in [0.25, 0.3) is 0 Å². The van der Waals surface area contributed by atoms with Crippen LogP contribution in [0, 0.1) is 0 Å². The molecular formula is C6H9O4Rb. The molecule has 0 fully saturated rings. The number of esters is 1. The van der Waals surface area contributed by atoms with Crippen LogP contribution in [0.5, 0.6) is 0 Å².